The Morgan fingerprint density at radius 2 is 1.35 bits per heavy atom. The Hall–Kier alpha value is -3.64. The van der Waals surface area contributed by atoms with Crippen molar-refractivity contribution in [3.8, 4) is 23.0 Å². The van der Waals surface area contributed by atoms with Crippen LogP contribution in [0.1, 0.15) is 0 Å². The normalized spacial score (nSPS) is 10.6. The first-order chi connectivity index (χ1) is 15.2. The van der Waals surface area contributed by atoms with Crippen molar-refractivity contribution in [2.75, 3.05) is 26.4 Å². The number of rotatable bonds is 7. The van der Waals surface area contributed by atoms with Crippen LogP contribution >= 0.6 is 11.6 Å². The highest BCUT2D eigenvalue weighted by Crippen LogP contribution is 2.42. The molecule has 0 fully saturated rings. The first kappa shape index (κ1) is 20.6. The standard InChI is InChI=1S/C24H21ClN2O4/c1-28-20-11-7-8-12-21(20)31-27(16-9-5-4-6-10-16)24-17-13-22(29-2)23(30-3)14-19(17)26-15-18(24)25/h4-15H,1-3H3. The summed E-state index contributed by atoms with van der Waals surface area (Å²) in [5, 5.41) is 2.82. The molecule has 0 bridgehead atoms. The van der Waals surface area contributed by atoms with Crippen LogP contribution in [0.3, 0.4) is 0 Å². The van der Waals surface area contributed by atoms with Crippen LogP contribution < -0.4 is 24.1 Å². The predicted octanol–water partition coefficient (Wildman–Crippen LogP) is 6.05. The van der Waals surface area contributed by atoms with Crippen LogP contribution in [0.25, 0.3) is 10.9 Å². The summed E-state index contributed by atoms with van der Waals surface area (Å²) < 4.78 is 16.4. The van der Waals surface area contributed by atoms with Crippen LogP contribution in [-0.4, -0.2) is 26.3 Å². The van der Waals surface area contributed by atoms with E-state index in [-0.39, 0.29) is 0 Å². The maximum absolute atomic E-state index is 6.67. The highest BCUT2D eigenvalue weighted by atomic mass is 35.5. The fourth-order valence-electron chi connectivity index (χ4n) is 3.27. The number of aromatic nitrogens is 1. The molecule has 0 aliphatic heterocycles. The molecule has 158 valence electrons. The van der Waals surface area contributed by atoms with Crippen LogP contribution in [0.5, 0.6) is 23.0 Å². The molecule has 0 radical (unpaired) electrons. The summed E-state index contributed by atoms with van der Waals surface area (Å²) >= 11 is 6.67. The number of benzene rings is 3. The van der Waals surface area contributed by atoms with Gasteiger partial charge in [0, 0.05) is 17.6 Å². The van der Waals surface area contributed by atoms with E-state index < -0.39 is 0 Å². The van der Waals surface area contributed by atoms with E-state index in [4.69, 9.17) is 30.6 Å². The lowest BCUT2D eigenvalue weighted by Gasteiger charge is -2.27. The number of hydrogen-bond acceptors (Lipinski definition) is 6. The van der Waals surface area contributed by atoms with E-state index in [1.807, 2.05) is 60.7 Å². The van der Waals surface area contributed by atoms with Crippen LogP contribution in [0.15, 0.2) is 72.9 Å². The van der Waals surface area contributed by atoms with Crippen molar-refractivity contribution < 1.29 is 19.0 Å². The van der Waals surface area contributed by atoms with E-state index in [1.54, 1.807) is 38.7 Å². The molecule has 0 aliphatic carbocycles. The second-order valence-electron chi connectivity index (χ2n) is 6.55. The number of fused-ring (bicyclic) bond motifs is 1. The zero-order valence-electron chi connectivity index (χ0n) is 17.3. The minimum Gasteiger partial charge on any atom is -0.493 e. The van der Waals surface area contributed by atoms with E-state index in [0.717, 1.165) is 11.1 Å². The van der Waals surface area contributed by atoms with Crippen LogP contribution in [-0.2, 0) is 0 Å². The number of pyridine rings is 1. The molecule has 0 saturated carbocycles. The van der Waals surface area contributed by atoms with Gasteiger partial charge in [-0.25, -0.2) is 0 Å². The van der Waals surface area contributed by atoms with Gasteiger partial charge in [0.2, 0.25) is 0 Å². The Labute approximate surface area is 185 Å². The zero-order valence-corrected chi connectivity index (χ0v) is 18.1. The van der Waals surface area contributed by atoms with Gasteiger partial charge in [-0.1, -0.05) is 41.9 Å². The van der Waals surface area contributed by atoms with Crippen molar-refractivity contribution in [3.63, 3.8) is 0 Å². The Bertz CT molecular complexity index is 1200. The monoisotopic (exact) mass is 436 g/mol. The Kier molecular flexibility index (Phi) is 6.00. The maximum Gasteiger partial charge on any atom is 0.197 e. The fourth-order valence-corrected chi connectivity index (χ4v) is 3.50. The SMILES string of the molecule is COc1cc2ncc(Cl)c(N(Oc3ccccc3OC)c3ccccc3)c2cc1OC. The molecule has 3 aromatic carbocycles. The maximum atomic E-state index is 6.67. The summed E-state index contributed by atoms with van der Waals surface area (Å²) in [6.07, 6.45) is 1.59. The number of halogens is 1. The minimum absolute atomic E-state index is 0.415. The third kappa shape index (κ3) is 4.02. The van der Waals surface area contributed by atoms with Crippen LogP contribution in [0, 0.1) is 0 Å². The van der Waals surface area contributed by atoms with Gasteiger partial charge in [0.1, 0.15) is 5.69 Å². The highest BCUT2D eigenvalue weighted by Gasteiger charge is 2.22. The van der Waals surface area contributed by atoms with Crippen molar-refractivity contribution in [1.29, 1.82) is 0 Å². The van der Waals surface area contributed by atoms with Crippen molar-refractivity contribution >= 4 is 33.9 Å². The van der Waals surface area contributed by atoms with Crippen molar-refractivity contribution in [2.24, 2.45) is 0 Å². The molecule has 31 heavy (non-hydrogen) atoms. The molecular formula is C24H21ClN2O4. The second-order valence-corrected chi connectivity index (χ2v) is 6.96. The molecule has 0 aliphatic rings. The van der Waals surface area contributed by atoms with Gasteiger partial charge in [-0.05, 0) is 30.3 Å². The molecule has 4 aromatic rings. The third-order valence-electron chi connectivity index (χ3n) is 4.75. The first-order valence-electron chi connectivity index (χ1n) is 9.52. The second kappa shape index (κ2) is 9.02. The van der Waals surface area contributed by atoms with E-state index in [0.29, 0.717) is 39.2 Å². The van der Waals surface area contributed by atoms with Gasteiger partial charge < -0.3 is 19.0 Å². The average molecular weight is 437 g/mol. The third-order valence-corrected chi connectivity index (χ3v) is 5.03. The van der Waals surface area contributed by atoms with Gasteiger partial charge in [-0.15, -0.1) is 0 Å². The molecule has 0 N–H and O–H groups in total. The summed E-state index contributed by atoms with van der Waals surface area (Å²) in [5.74, 6) is 2.27. The topological polar surface area (TPSA) is 53.1 Å². The first-order valence-corrected chi connectivity index (χ1v) is 9.90. The van der Waals surface area contributed by atoms with Gasteiger partial charge in [0.25, 0.3) is 0 Å². The lowest BCUT2D eigenvalue weighted by Crippen LogP contribution is -2.22. The molecule has 0 amide bonds. The van der Waals surface area contributed by atoms with Gasteiger partial charge in [-0.2, -0.15) is 5.06 Å². The summed E-state index contributed by atoms with van der Waals surface area (Å²) in [6.45, 7) is 0. The Morgan fingerprint density at radius 1 is 0.742 bits per heavy atom. The molecule has 0 unspecified atom stereocenters. The Balaban J connectivity index is 1.95. The molecule has 4 rings (SSSR count). The minimum atomic E-state index is 0.415. The smallest absolute Gasteiger partial charge is 0.197 e. The molecule has 6 nitrogen and oxygen atoms in total. The molecular weight excluding hydrogens is 416 g/mol. The van der Waals surface area contributed by atoms with Crippen molar-refractivity contribution in [2.45, 2.75) is 0 Å². The van der Waals surface area contributed by atoms with E-state index in [1.165, 1.54) is 0 Å². The average Bonchev–Trinajstić information content (AvgIpc) is 2.82. The van der Waals surface area contributed by atoms with Gasteiger partial charge in [-0.3, -0.25) is 4.98 Å². The zero-order chi connectivity index (χ0) is 21.8. The highest BCUT2D eigenvalue weighted by molar-refractivity contribution is 6.34. The predicted molar refractivity (Wildman–Crippen MR) is 122 cm³/mol. The van der Waals surface area contributed by atoms with Crippen molar-refractivity contribution in [3.05, 3.63) is 77.9 Å². The largest absolute Gasteiger partial charge is 0.493 e. The lowest BCUT2D eigenvalue weighted by atomic mass is 10.1. The van der Waals surface area contributed by atoms with E-state index >= 15 is 0 Å². The molecule has 7 heteroatoms. The summed E-state index contributed by atoms with van der Waals surface area (Å²) in [4.78, 5) is 10.8. The number of hydrogen-bond donors (Lipinski definition) is 0. The molecule has 1 heterocycles. The summed E-state index contributed by atoms with van der Waals surface area (Å²) in [7, 11) is 4.77. The molecule has 0 atom stereocenters. The number of anilines is 2. The lowest BCUT2D eigenvalue weighted by molar-refractivity contribution is 0.299. The summed E-state index contributed by atoms with van der Waals surface area (Å²) in [5.41, 5.74) is 2.07. The summed E-state index contributed by atoms with van der Waals surface area (Å²) in [6, 6.07) is 20.7. The quantitative estimate of drug-likeness (QED) is 0.329. The van der Waals surface area contributed by atoms with E-state index in [9.17, 15) is 0 Å². The van der Waals surface area contributed by atoms with Gasteiger partial charge in [0.15, 0.2) is 23.0 Å². The number of ether oxygens (including phenoxy) is 3. The molecule has 1 aromatic heterocycles. The van der Waals surface area contributed by atoms with Crippen LogP contribution in [0.2, 0.25) is 5.02 Å². The molecule has 0 saturated heterocycles. The van der Waals surface area contributed by atoms with Crippen molar-refractivity contribution in [1.82, 2.24) is 4.98 Å². The Morgan fingerprint density at radius 3 is 2.03 bits per heavy atom. The fraction of sp³-hybridized carbons (Fsp3) is 0.125. The van der Waals surface area contributed by atoms with E-state index in [2.05, 4.69) is 4.98 Å². The number of para-hydroxylation sites is 3. The van der Waals surface area contributed by atoms with Gasteiger partial charge >= 0.3 is 0 Å². The van der Waals surface area contributed by atoms with Gasteiger partial charge in [0.05, 0.1) is 37.6 Å². The number of methoxy groups -OCH3 is 3. The molecule has 0 spiro atoms. The number of nitrogens with zero attached hydrogens (tertiary/aromatic N) is 2. The van der Waals surface area contributed by atoms with Crippen LogP contribution in [0.4, 0.5) is 11.4 Å².